The molecule has 0 atom stereocenters. The van der Waals surface area contributed by atoms with Crippen molar-refractivity contribution in [1.82, 2.24) is 0 Å². The minimum atomic E-state index is -0.824. The first-order valence-corrected chi connectivity index (χ1v) is 8.43. The molecule has 0 spiro atoms. The predicted octanol–water partition coefficient (Wildman–Crippen LogP) is 4.31. The second-order valence-corrected chi connectivity index (χ2v) is 5.72. The number of anilines is 1. The van der Waals surface area contributed by atoms with Gasteiger partial charge in [0.1, 0.15) is 0 Å². The van der Waals surface area contributed by atoms with Crippen molar-refractivity contribution < 1.29 is 14.6 Å². The molecule has 1 amide bonds. The van der Waals surface area contributed by atoms with E-state index in [0.29, 0.717) is 11.3 Å². The molecular weight excluding hydrogens is 400 g/mol. The zero-order valence-corrected chi connectivity index (χ0v) is 15.3. The number of thiophene rings is 1. The van der Waals surface area contributed by atoms with E-state index in [2.05, 4.69) is 31.2 Å². The van der Waals surface area contributed by atoms with Crippen LogP contribution in [0.1, 0.15) is 19.4 Å². The van der Waals surface area contributed by atoms with Gasteiger partial charge in [-0.1, -0.05) is 46.3 Å². The van der Waals surface area contributed by atoms with Crippen LogP contribution < -0.4 is 11.1 Å². The number of halogens is 1. The van der Waals surface area contributed by atoms with Crippen LogP contribution in [-0.2, 0) is 4.84 Å². The van der Waals surface area contributed by atoms with Crippen molar-refractivity contribution in [2.24, 2.45) is 10.9 Å². The summed E-state index contributed by atoms with van der Waals surface area (Å²) >= 11 is 4.17. The molecule has 0 bridgehead atoms. The Morgan fingerprint density at radius 2 is 2.00 bits per heavy atom. The number of nitrogens with two attached hydrogens (primary N) is 1. The van der Waals surface area contributed by atoms with Gasteiger partial charge in [0.25, 0.3) is 0 Å². The van der Waals surface area contributed by atoms with Gasteiger partial charge in [0, 0.05) is 27.2 Å². The number of rotatable bonds is 4. The Morgan fingerprint density at radius 1 is 1.38 bits per heavy atom. The highest BCUT2D eigenvalue weighted by Crippen LogP contribution is 2.22. The molecule has 0 saturated heterocycles. The monoisotopic (exact) mass is 414 g/mol. The number of hydrogen-bond acceptors (Lipinski definition) is 6. The molecule has 0 fully saturated rings. The van der Waals surface area contributed by atoms with Crippen molar-refractivity contribution in [1.29, 1.82) is 0 Å². The van der Waals surface area contributed by atoms with Gasteiger partial charge in [-0.2, -0.15) is 0 Å². The van der Waals surface area contributed by atoms with Crippen LogP contribution in [0.3, 0.4) is 0 Å². The van der Waals surface area contributed by atoms with E-state index in [1.54, 1.807) is 24.3 Å². The van der Waals surface area contributed by atoms with Gasteiger partial charge in [0.15, 0.2) is 5.84 Å². The van der Waals surface area contributed by atoms with Gasteiger partial charge < -0.3 is 5.73 Å². The van der Waals surface area contributed by atoms with Gasteiger partial charge >= 0.3 is 11.1 Å². The molecule has 128 valence electrons. The summed E-state index contributed by atoms with van der Waals surface area (Å²) < 4.78 is 0.868. The van der Waals surface area contributed by atoms with Crippen LogP contribution in [0.5, 0.6) is 0 Å². The minimum absolute atomic E-state index is 0.0764. The average Bonchev–Trinajstić information content (AvgIpc) is 3.07. The fourth-order valence-electron chi connectivity index (χ4n) is 1.37. The third-order valence-electron chi connectivity index (χ3n) is 2.38. The quantitative estimate of drug-likeness (QED) is 0.253. The summed E-state index contributed by atoms with van der Waals surface area (Å²) in [7, 11) is 0. The van der Waals surface area contributed by atoms with Crippen LogP contribution in [0.4, 0.5) is 15.5 Å². The Morgan fingerprint density at radius 3 is 2.54 bits per heavy atom. The van der Waals surface area contributed by atoms with Crippen molar-refractivity contribution in [2.45, 2.75) is 13.8 Å². The second-order valence-electron chi connectivity index (χ2n) is 3.92. The topological polar surface area (TPSA) is 120 Å². The summed E-state index contributed by atoms with van der Waals surface area (Å²) in [6.07, 6.45) is -0.824. The Balaban J connectivity index is 0.00000139. The number of nitrogens with one attached hydrogen (secondary N) is 1. The van der Waals surface area contributed by atoms with E-state index in [0.717, 1.165) is 15.8 Å². The fourth-order valence-corrected chi connectivity index (χ4v) is 2.35. The summed E-state index contributed by atoms with van der Waals surface area (Å²) in [5.41, 5.74) is 6.43. The predicted molar refractivity (Wildman–Crippen MR) is 97.3 cm³/mol. The maximum absolute atomic E-state index is 11.5. The molecule has 0 aliphatic rings. The van der Waals surface area contributed by atoms with E-state index in [-0.39, 0.29) is 10.8 Å². The maximum Gasteiger partial charge on any atom is 0.437 e. The van der Waals surface area contributed by atoms with E-state index in [1.165, 1.54) is 11.4 Å². The summed E-state index contributed by atoms with van der Waals surface area (Å²) in [6, 6.07) is 8.08. The van der Waals surface area contributed by atoms with Crippen molar-refractivity contribution in [3.05, 3.63) is 55.9 Å². The number of benzene rings is 1. The SMILES string of the molecule is CC.N/C(=N/OC(=O)Nc1ccc(Br)cc1)c1csc([N+](=O)[O-])c1. The third kappa shape index (κ3) is 5.97. The van der Waals surface area contributed by atoms with Crippen molar-refractivity contribution >= 4 is 49.9 Å². The number of nitrogens with zero attached hydrogens (tertiary/aromatic N) is 2. The molecule has 0 saturated carbocycles. The van der Waals surface area contributed by atoms with Gasteiger partial charge in [-0.25, -0.2) is 4.79 Å². The molecule has 8 nitrogen and oxygen atoms in total. The Kier molecular flexibility index (Phi) is 7.86. The van der Waals surface area contributed by atoms with Gasteiger partial charge in [-0.3, -0.25) is 20.3 Å². The van der Waals surface area contributed by atoms with Crippen LogP contribution in [-0.4, -0.2) is 16.9 Å². The second kappa shape index (κ2) is 9.63. The maximum atomic E-state index is 11.5. The van der Waals surface area contributed by atoms with E-state index >= 15 is 0 Å². The molecule has 2 rings (SSSR count). The zero-order valence-electron chi connectivity index (χ0n) is 12.9. The average molecular weight is 415 g/mol. The zero-order chi connectivity index (χ0) is 18.1. The lowest BCUT2D eigenvalue weighted by Gasteiger charge is -2.03. The highest BCUT2D eigenvalue weighted by atomic mass is 79.9. The largest absolute Gasteiger partial charge is 0.437 e. The van der Waals surface area contributed by atoms with Crippen LogP contribution in [0.15, 0.2) is 45.3 Å². The highest BCUT2D eigenvalue weighted by Gasteiger charge is 2.12. The van der Waals surface area contributed by atoms with Crippen LogP contribution >= 0.6 is 27.3 Å². The summed E-state index contributed by atoms with van der Waals surface area (Å²) in [4.78, 5) is 26.2. The lowest BCUT2D eigenvalue weighted by molar-refractivity contribution is -0.380. The molecule has 10 heteroatoms. The molecule has 3 N–H and O–H groups in total. The van der Waals surface area contributed by atoms with E-state index in [9.17, 15) is 14.9 Å². The van der Waals surface area contributed by atoms with E-state index in [1.807, 2.05) is 13.8 Å². The summed E-state index contributed by atoms with van der Waals surface area (Å²) in [5, 5.41) is 17.8. The van der Waals surface area contributed by atoms with Gasteiger partial charge in [-0.05, 0) is 24.3 Å². The molecule has 0 radical (unpaired) electrons. The Hall–Kier alpha value is -2.46. The normalized spacial score (nSPS) is 10.4. The molecule has 2 aromatic rings. The molecule has 1 heterocycles. The van der Waals surface area contributed by atoms with E-state index < -0.39 is 11.0 Å². The standard InChI is InChI=1S/C12H9BrN4O4S.C2H6/c13-8-1-3-9(4-2-8)15-12(18)21-16-11(14)7-5-10(17(19)20)22-6-7;1-2/h1-6H,(H2,14,16)(H,15,18);1-2H3. The molecule has 24 heavy (non-hydrogen) atoms. The first-order chi connectivity index (χ1) is 11.5. The van der Waals surface area contributed by atoms with Gasteiger partial charge in [0.2, 0.25) is 0 Å². The number of carbonyl (C=O) groups is 1. The first kappa shape index (κ1) is 19.6. The smallest absolute Gasteiger partial charge is 0.380 e. The molecule has 0 aliphatic carbocycles. The lowest BCUT2D eigenvalue weighted by atomic mass is 10.3. The summed E-state index contributed by atoms with van der Waals surface area (Å²) in [6.45, 7) is 4.00. The number of amidine groups is 1. The summed E-state index contributed by atoms with van der Waals surface area (Å²) in [5.74, 6) is -0.129. The Bertz CT molecular complexity index is 731. The van der Waals surface area contributed by atoms with Crippen molar-refractivity contribution in [3.8, 4) is 0 Å². The van der Waals surface area contributed by atoms with Gasteiger partial charge in [-0.15, -0.1) is 0 Å². The highest BCUT2D eigenvalue weighted by molar-refractivity contribution is 9.10. The Labute approximate surface area is 150 Å². The first-order valence-electron chi connectivity index (χ1n) is 6.76. The molecule has 1 aromatic carbocycles. The molecular formula is C14H15BrN4O4S. The molecule has 0 aliphatic heterocycles. The van der Waals surface area contributed by atoms with Crippen molar-refractivity contribution in [3.63, 3.8) is 0 Å². The lowest BCUT2D eigenvalue weighted by Crippen LogP contribution is -2.17. The molecule has 0 unspecified atom stereocenters. The number of nitro groups is 1. The number of amides is 1. The third-order valence-corrected chi connectivity index (χ3v) is 3.79. The minimum Gasteiger partial charge on any atom is -0.380 e. The fraction of sp³-hybridized carbons (Fsp3) is 0.143. The number of hydrogen-bond donors (Lipinski definition) is 2. The van der Waals surface area contributed by atoms with Crippen LogP contribution in [0.2, 0.25) is 0 Å². The number of oxime groups is 1. The van der Waals surface area contributed by atoms with Crippen molar-refractivity contribution in [2.75, 3.05) is 5.32 Å². The molecule has 1 aromatic heterocycles. The van der Waals surface area contributed by atoms with Crippen LogP contribution in [0, 0.1) is 10.1 Å². The van der Waals surface area contributed by atoms with Crippen LogP contribution in [0.25, 0.3) is 0 Å². The van der Waals surface area contributed by atoms with E-state index in [4.69, 9.17) is 5.73 Å². The number of carbonyl (C=O) groups excluding carboxylic acids is 1. The van der Waals surface area contributed by atoms with Gasteiger partial charge in [0.05, 0.1) is 4.92 Å².